The topological polar surface area (TPSA) is 193 Å². The summed E-state index contributed by atoms with van der Waals surface area (Å²) >= 11 is 0. The van der Waals surface area contributed by atoms with Gasteiger partial charge in [-0.3, -0.25) is 9.59 Å². The van der Waals surface area contributed by atoms with E-state index in [2.05, 4.69) is 69.1 Å². The van der Waals surface area contributed by atoms with Crippen molar-refractivity contribution in [3.8, 4) is 39.4 Å². The maximum atomic E-state index is 14.1. The van der Waals surface area contributed by atoms with Crippen molar-refractivity contribution in [3.63, 3.8) is 0 Å². The number of hydrogen-bond acceptors (Lipinski definition) is 10. The summed E-state index contributed by atoms with van der Waals surface area (Å²) in [5.41, 5.74) is 7.43. The van der Waals surface area contributed by atoms with Gasteiger partial charge in [-0.15, -0.1) is 0 Å². The van der Waals surface area contributed by atoms with Crippen molar-refractivity contribution < 1.29 is 38.1 Å². The summed E-state index contributed by atoms with van der Waals surface area (Å²) in [6.07, 6.45) is 6.85. The summed E-state index contributed by atoms with van der Waals surface area (Å²) in [7, 11) is 2.59. The number of nitrogens with one attached hydrogen (secondary N) is 4. The highest BCUT2D eigenvalue weighted by Gasteiger charge is 2.41. The minimum absolute atomic E-state index is 0.0390. The van der Waals surface area contributed by atoms with E-state index in [1.54, 1.807) is 4.90 Å². The zero-order valence-corrected chi connectivity index (χ0v) is 36.9. The van der Waals surface area contributed by atoms with E-state index in [0.29, 0.717) is 63.0 Å². The number of rotatable bonds is 10. The van der Waals surface area contributed by atoms with Crippen LogP contribution in [0, 0.1) is 5.92 Å². The van der Waals surface area contributed by atoms with Crippen LogP contribution in [-0.2, 0) is 30.4 Å². The largest absolute Gasteiger partial charge is 0.488 e. The SMILES string of the molecule is COC(=O)N[C@H](C(=O)N1CCC[C@H]1c1ncc(-c2ccc3c4c(ccc3c2)-c2ccc(-c3cnc([C@@H]5CCCN5C(=O)[C@H](NC(=O)OC)c5ccccc5)[nH]3)cc2CO4)[nH]1)C1CCOCC1. The Balaban J connectivity index is 0.846. The Morgan fingerprint density at radius 3 is 2.02 bits per heavy atom. The molecule has 0 bridgehead atoms. The quantitative estimate of drug-likeness (QED) is 0.106. The molecule has 0 saturated carbocycles. The van der Waals surface area contributed by atoms with Crippen molar-refractivity contribution in [2.45, 2.75) is 69.3 Å². The molecule has 6 heterocycles. The Morgan fingerprint density at radius 2 is 1.33 bits per heavy atom. The molecule has 4 atom stereocenters. The van der Waals surface area contributed by atoms with Crippen molar-refractivity contribution in [1.82, 2.24) is 40.4 Å². The lowest BCUT2D eigenvalue weighted by Gasteiger charge is -2.34. The van der Waals surface area contributed by atoms with Gasteiger partial charge in [-0.2, -0.15) is 0 Å². The summed E-state index contributed by atoms with van der Waals surface area (Å²) in [5.74, 6) is 1.86. The maximum absolute atomic E-state index is 14.1. The van der Waals surface area contributed by atoms with Gasteiger partial charge in [0.05, 0.1) is 50.1 Å². The van der Waals surface area contributed by atoms with E-state index in [1.165, 1.54) is 14.2 Å². The van der Waals surface area contributed by atoms with Crippen LogP contribution in [0.1, 0.15) is 79.4 Å². The third kappa shape index (κ3) is 8.21. The molecule has 4 amide bonds. The molecule has 66 heavy (non-hydrogen) atoms. The number of alkyl carbamates (subject to hydrolysis) is 2. The first-order valence-electron chi connectivity index (χ1n) is 22.6. The number of imidazole rings is 2. The molecule has 0 spiro atoms. The number of nitrogens with zero attached hydrogens (tertiary/aromatic N) is 4. The lowest BCUT2D eigenvalue weighted by atomic mass is 9.90. The van der Waals surface area contributed by atoms with Gasteiger partial charge in [-0.05, 0) is 90.3 Å². The second-order valence-electron chi connectivity index (χ2n) is 17.3. The Kier molecular flexibility index (Phi) is 11.9. The molecular formula is C50H52N8O8. The molecule has 4 N–H and O–H groups in total. The number of likely N-dealkylation sites (tertiary alicyclic amines) is 2. The summed E-state index contributed by atoms with van der Waals surface area (Å²) in [6.45, 7) is 2.62. The summed E-state index contributed by atoms with van der Waals surface area (Å²) in [6, 6.07) is 23.9. The lowest BCUT2D eigenvalue weighted by molar-refractivity contribution is -0.137. The zero-order valence-electron chi connectivity index (χ0n) is 36.9. The molecule has 3 saturated heterocycles. The van der Waals surface area contributed by atoms with Crippen LogP contribution in [0.15, 0.2) is 91.3 Å². The first-order valence-corrected chi connectivity index (χ1v) is 22.6. The van der Waals surface area contributed by atoms with Gasteiger partial charge in [0.15, 0.2) is 0 Å². The number of amides is 4. The van der Waals surface area contributed by atoms with Crippen LogP contribution < -0.4 is 15.4 Å². The molecule has 4 aromatic carbocycles. The Hall–Kier alpha value is -7.20. The molecule has 0 aliphatic carbocycles. The van der Waals surface area contributed by atoms with E-state index in [1.807, 2.05) is 47.6 Å². The number of methoxy groups -OCH3 is 2. The van der Waals surface area contributed by atoms with Crippen LogP contribution in [0.5, 0.6) is 5.75 Å². The number of benzene rings is 4. The average molecular weight is 893 g/mol. The highest BCUT2D eigenvalue weighted by Crippen LogP contribution is 2.44. The molecule has 16 heteroatoms. The van der Waals surface area contributed by atoms with Gasteiger partial charge in [-0.1, -0.05) is 60.7 Å². The first-order chi connectivity index (χ1) is 32.3. The second kappa shape index (κ2) is 18.4. The molecule has 4 aliphatic rings. The standard InChI is InChI=1S/C50H52N8O8/c1-63-49(61)55-42(29-8-4-3-5-9-29)47(59)57-20-6-10-40(57)46-52-27-39(54-46)33-13-15-35-34(25-33)28-66-44-36-16-14-32(24-31(36)12-17-37(35)44)38-26-51-45(53-38)41-11-7-21-58(41)48(60)43(56-50(62)64-2)30-18-22-65-23-19-30/h3-5,8-9,12-17,24-27,30,40-43H,6-7,10-11,18-23,28H2,1-2H3,(H,51,53)(H,52,54)(H,55,61)(H,56,62)/t40-,41-,42+,43-/m0/s1. The van der Waals surface area contributed by atoms with E-state index < -0.39 is 24.3 Å². The van der Waals surface area contributed by atoms with Gasteiger partial charge in [-0.25, -0.2) is 19.6 Å². The number of hydrogen-bond donors (Lipinski definition) is 4. The molecule has 6 aromatic rings. The highest BCUT2D eigenvalue weighted by molar-refractivity contribution is 5.98. The van der Waals surface area contributed by atoms with Crippen LogP contribution in [0.3, 0.4) is 0 Å². The maximum Gasteiger partial charge on any atom is 0.407 e. The van der Waals surface area contributed by atoms with E-state index in [-0.39, 0.29) is 29.8 Å². The molecule has 4 aliphatic heterocycles. The predicted octanol–water partition coefficient (Wildman–Crippen LogP) is 7.75. The van der Waals surface area contributed by atoms with Gasteiger partial charge in [0.2, 0.25) is 5.91 Å². The van der Waals surface area contributed by atoms with Crippen LogP contribution >= 0.6 is 0 Å². The van der Waals surface area contributed by atoms with E-state index in [9.17, 15) is 19.2 Å². The predicted molar refractivity (Wildman–Crippen MR) is 244 cm³/mol. The number of ether oxygens (including phenoxy) is 4. The Morgan fingerprint density at radius 1 is 0.712 bits per heavy atom. The summed E-state index contributed by atoms with van der Waals surface area (Å²) in [5, 5.41) is 7.57. The fourth-order valence-corrected chi connectivity index (χ4v) is 10.1. The minimum Gasteiger partial charge on any atom is -0.488 e. The van der Waals surface area contributed by atoms with E-state index >= 15 is 0 Å². The van der Waals surface area contributed by atoms with Gasteiger partial charge >= 0.3 is 12.2 Å². The number of aromatic nitrogens is 4. The molecule has 2 aromatic heterocycles. The molecule has 10 rings (SSSR count). The van der Waals surface area contributed by atoms with Gasteiger partial charge < -0.3 is 49.3 Å². The third-order valence-corrected chi connectivity index (χ3v) is 13.5. The monoisotopic (exact) mass is 892 g/mol. The number of aromatic amines is 2. The number of carbonyl (C=O) groups excluding carboxylic acids is 4. The molecule has 0 unspecified atom stereocenters. The van der Waals surface area contributed by atoms with Gasteiger partial charge in [0.1, 0.15) is 36.1 Å². The van der Waals surface area contributed by atoms with Crippen LogP contribution in [0.4, 0.5) is 9.59 Å². The molecule has 16 nitrogen and oxygen atoms in total. The number of carbonyl (C=O) groups is 4. The summed E-state index contributed by atoms with van der Waals surface area (Å²) in [4.78, 5) is 72.9. The van der Waals surface area contributed by atoms with Crippen molar-refractivity contribution in [2.24, 2.45) is 5.92 Å². The van der Waals surface area contributed by atoms with Crippen molar-refractivity contribution in [1.29, 1.82) is 0 Å². The second-order valence-corrected chi connectivity index (χ2v) is 17.3. The lowest BCUT2D eigenvalue weighted by Crippen LogP contribution is -2.53. The van der Waals surface area contributed by atoms with E-state index in [4.69, 9.17) is 28.9 Å². The first kappa shape index (κ1) is 42.7. The molecule has 340 valence electrons. The Bertz CT molecular complexity index is 2780. The molecule has 0 radical (unpaired) electrons. The molecule has 3 fully saturated rings. The van der Waals surface area contributed by atoms with Crippen molar-refractivity contribution in [2.75, 3.05) is 40.5 Å². The fourth-order valence-electron chi connectivity index (χ4n) is 10.1. The fraction of sp³-hybridized carbons (Fsp3) is 0.360. The van der Waals surface area contributed by atoms with Crippen LogP contribution in [-0.4, -0.2) is 100 Å². The van der Waals surface area contributed by atoms with Crippen LogP contribution in [0.2, 0.25) is 0 Å². The Labute approximate surface area is 381 Å². The minimum atomic E-state index is -0.893. The van der Waals surface area contributed by atoms with Gasteiger partial charge in [0.25, 0.3) is 5.91 Å². The summed E-state index contributed by atoms with van der Waals surface area (Å²) < 4.78 is 21.8. The number of H-pyrrole nitrogens is 2. The normalized spacial score (nSPS) is 19.1. The van der Waals surface area contributed by atoms with Crippen molar-refractivity contribution in [3.05, 3.63) is 114 Å². The van der Waals surface area contributed by atoms with E-state index in [0.717, 1.165) is 81.4 Å². The smallest absolute Gasteiger partial charge is 0.407 e. The third-order valence-electron chi connectivity index (χ3n) is 13.5. The van der Waals surface area contributed by atoms with Gasteiger partial charge in [0, 0.05) is 42.8 Å². The highest BCUT2D eigenvalue weighted by atomic mass is 16.5. The van der Waals surface area contributed by atoms with Crippen molar-refractivity contribution >= 4 is 34.8 Å². The number of fused-ring (bicyclic) bond motifs is 5. The zero-order chi connectivity index (χ0) is 45.3. The average Bonchev–Trinajstić information content (AvgIpc) is 4.22. The molecular weight excluding hydrogens is 841 g/mol. The van der Waals surface area contributed by atoms with Crippen LogP contribution in [0.25, 0.3) is 44.4 Å².